The fourth-order valence-electron chi connectivity index (χ4n) is 1.76. The minimum atomic E-state index is -0.0401. The summed E-state index contributed by atoms with van der Waals surface area (Å²) in [6.07, 6.45) is 0. The topological polar surface area (TPSA) is 44.4 Å². The fourth-order valence-corrected chi connectivity index (χ4v) is 2.02. The van der Waals surface area contributed by atoms with E-state index in [0.717, 1.165) is 24.3 Å². The van der Waals surface area contributed by atoms with Gasteiger partial charge in [-0.1, -0.05) is 12.1 Å². The number of aryl methyl sites for hydroxylation is 1. The Morgan fingerprint density at radius 1 is 1.56 bits per heavy atom. The second-order valence-corrected chi connectivity index (χ2v) is 4.46. The van der Waals surface area contributed by atoms with Crippen LogP contribution in [-0.4, -0.2) is 35.6 Å². The first-order valence-corrected chi connectivity index (χ1v) is 5.95. The van der Waals surface area contributed by atoms with Crippen molar-refractivity contribution in [1.82, 2.24) is 10.2 Å². The maximum absolute atomic E-state index is 11.8. The third kappa shape index (κ3) is 3.85. The summed E-state index contributed by atoms with van der Waals surface area (Å²) < 4.78 is 0. The molecular formula is C12H16ClN3OS. The Bertz CT molecular complexity index is 453. The molecule has 0 aromatic heterocycles. The summed E-state index contributed by atoms with van der Waals surface area (Å²) in [5.74, 6) is -0.0401. The number of anilines is 1. The first-order valence-electron chi connectivity index (χ1n) is 5.54. The molecule has 1 aliphatic rings. The number of hydrogen-bond acceptors (Lipinski definition) is 2. The normalized spacial score (nSPS) is 13.8. The number of halogens is 1. The highest BCUT2D eigenvalue weighted by molar-refractivity contribution is 7.80. The number of carbonyl (C=O) groups is 1. The van der Waals surface area contributed by atoms with Crippen LogP contribution in [0.5, 0.6) is 0 Å². The molecule has 4 nitrogen and oxygen atoms in total. The van der Waals surface area contributed by atoms with Crippen LogP contribution in [0.15, 0.2) is 24.3 Å². The van der Waals surface area contributed by atoms with E-state index in [1.165, 1.54) is 0 Å². The van der Waals surface area contributed by atoms with Gasteiger partial charge in [-0.15, -0.1) is 12.4 Å². The lowest BCUT2D eigenvalue weighted by Crippen LogP contribution is -2.35. The van der Waals surface area contributed by atoms with E-state index in [9.17, 15) is 4.79 Å². The van der Waals surface area contributed by atoms with Gasteiger partial charge in [-0.3, -0.25) is 4.79 Å². The highest BCUT2D eigenvalue weighted by atomic mass is 35.5. The molecule has 0 saturated carbocycles. The minimum absolute atomic E-state index is 0. The van der Waals surface area contributed by atoms with Crippen LogP contribution in [-0.2, 0) is 4.79 Å². The van der Waals surface area contributed by atoms with E-state index < -0.39 is 0 Å². The standard InChI is InChI=1S/C12H15N3OS.ClH/c1-9-3-2-4-10(7-9)14-11(16)8-15-6-5-13-12(15)17;/h2-4,7H,5-6,8H2,1H3,(H,13,17)(H,14,16);1H. The van der Waals surface area contributed by atoms with E-state index >= 15 is 0 Å². The smallest absolute Gasteiger partial charge is 0.243 e. The maximum atomic E-state index is 11.8. The average Bonchev–Trinajstić information content (AvgIpc) is 2.64. The zero-order valence-electron chi connectivity index (χ0n) is 10.1. The molecule has 1 heterocycles. The Morgan fingerprint density at radius 3 is 2.94 bits per heavy atom. The lowest BCUT2D eigenvalue weighted by molar-refractivity contribution is -0.116. The number of amides is 1. The van der Waals surface area contributed by atoms with Crippen molar-refractivity contribution in [3.8, 4) is 0 Å². The third-order valence-corrected chi connectivity index (χ3v) is 2.98. The number of benzene rings is 1. The van der Waals surface area contributed by atoms with Crippen LogP contribution in [0.1, 0.15) is 5.56 Å². The highest BCUT2D eigenvalue weighted by Gasteiger charge is 2.18. The zero-order chi connectivity index (χ0) is 12.3. The molecule has 1 aliphatic heterocycles. The van der Waals surface area contributed by atoms with Gasteiger partial charge in [0.2, 0.25) is 5.91 Å². The summed E-state index contributed by atoms with van der Waals surface area (Å²) >= 11 is 5.08. The fraction of sp³-hybridized carbons (Fsp3) is 0.333. The van der Waals surface area contributed by atoms with Crippen LogP contribution in [0.4, 0.5) is 5.69 Å². The maximum Gasteiger partial charge on any atom is 0.243 e. The van der Waals surface area contributed by atoms with Gasteiger partial charge in [0.15, 0.2) is 5.11 Å². The van der Waals surface area contributed by atoms with Crippen molar-refractivity contribution < 1.29 is 4.79 Å². The Morgan fingerprint density at radius 2 is 2.33 bits per heavy atom. The van der Waals surface area contributed by atoms with Crippen molar-refractivity contribution in [3.05, 3.63) is 29.8 Å². The molecule has 6 heteroatoms. The summed E-state index contributed by atoms with van der Waals surface area (Å²) in [5.41, 5.74) is 1.95. The molecule has 0 radical (unpaired) electrons. The molecule has 2 rings (SSSR count). The molecule has 1 fully saturated rings. The van der Waals surface area contributed by atoms with Crippen LogP contribution in [0.2, 0.25) is 0 Å². The summed E-state index contributed by atoms with van der Waals surface area (Å²) in [6, 6.07) is 7.74. The van der Waals surface area contributed by atoms with Gasteiger partial charge in [-0.2, -0.15) is 0 Å². The molecule has 1 amide bonds. The van der Waals surface area contributed by atoms with Gasteiger partial charge in [0.05, 0.1) is 6.54 Å². The molecular weight excluding hydrogens is 270 g/mol. The predicted molar refractivity (Wildman–Crippen MR) is 79.2 cm³/mol. The van der Waals surface area contributed by atoms with Crippen LogP contribution in [0.3, 0.4) is 0 Å². The van der Waals surface area contributed by atoms with Crippen molar-refractivity contribution in [2.45, 2.75) is 6.92 Å². The van der Waals surface area contributed by atoms with E-state index in [4.69, 9.17) is 12.2 Å². The zero-order valence-corrected chi connectivity index (χ0v) is 11.7. The molecule has 18 heavy (non-hydrogen) atoms. The average molecular weight is 286 g/mol. The Labute approximate surface area is 118 Å². The molecule has 1 aromatic rings. The van der Waals surface area contributed by atoms with Gasteiger partial charge in [-0.05, 0) is 36.8 Å². The van der Waals surface area contributed by atoms with Crippen molar-refractivity contribution in [1.29, 1.82) is 0 Å². The summed E-state index contributed by atoms with van der Waals surface area (Å²) in [6.45, 7) is 3.91. The molecule has 0 atom stereocenters. The summed E-state index contributed by atoms with van der Waals surface area (Å²) in [5, 5.41) is 6.54. The molecule has 0 spiro atoms. The number of nitrogens with one attached hydrogen (secondary N) is 2. The molecule has 1 aromatic carbocycles. The molecule has 0 bridgehead atoms. The number of carbonyl (C=O) groups excluding carboxylic acids is 1. The highest BCUT2D eigenvalue weighted by Crippen LogP contribution is 2.09. The lowest BCUT2D eigenvalue weighted by atomic mass is 10.2. The van der Waals surface area contributed by atoms with Crippen LogP contribution < -0.4 is 10.6 Å². The molecule has 1 saturated heterocycles. The Hall–Kier alpha value is -1.33. The van der Waals surface area contributed by atoms with Gasteiger partial charge >= 0.3 is 0 Å². The second kappa shape index (κ2) is 6.56. The van der Waals surface area contributed by atoms with Gasteiger partial charge in [0, 0.05) is 18.8 Å². The van der Waals surface area contributed by atoms with E-state index in [2.05, 4.69) is 10.6 Å². The van der Waals surface area contributed by atoms with Gasteiger partial charge in [0.25, 0.3) is 0 Å². The Kier molecular flexibility index (Phi) is 5.37. The number of thiocarbonyl (C=S) groups is 1. The summed E-state index contributed by atoms with van der Waals surface area (Å²) in [7, 11) is 0. The molecule has 0 unspecified atom stereocenters. The SMILES string of the molecule is Cc1cccc(NC(=O)CN2CCNC2=S)c1.Cl. The minimum Gasteiger partial charge on any atom is -0.361 e. The molecule has 0 aliphatic carbocycles. The van der Waals surface area contributed by atoms with Crippen molar-refractivity contribution in [3.63, 3.8) is 0 Å². The van der Waals surface area contributed by atoms with E-state index in [1.807, 2.05) is 36.1 Å². The first kappa shape index (κ1) is 14.7. The lowest BCUT2D eigenvalue weighted by Gasteiger charge is -2.15. The van der Waals surface area contributed by atoms with E-state index in [-0.39, 0.29) is 18.3 Å². The second-order valence-electron chi connectivity index (χ2n) is 4.07. The Balaban J connectivity index is 0.00000162. The summed E-state index contributed by atoms with van der Waals surface area (Å²) in [4.78, 5) is 13.6. The van der Waals surface area contributed by atoms with Crippen molar-refractivity contribution in [2.75, 3.05) is 25.0 Å². The monoisotopic (exact) mass is 285 g/mol. The van der Waals surface area contributed by atoms with Gasteiger partial charge in [0.1, 0.15) is 0 Å². The van der Waals surface area contributed by atoms with Crippen LogP contribution in [0.25, 0.3) is 0 Å². The van der Waals surface area contributed by atoms with Crippen molar-refractivity contribution >= 4 is 41.3 Å². The number of hydrogen-bond donors (Lipinski definition) is 2. The molecule has 98 valence electrons. The number of rotatable bonds is 3. The quantitative estimate of drug-likeness (QED) is 0.827. The third-order valence-electron chi connectivity index (χ3n) is 2.58. The van der Waals surface area contributed by atoms with Crippen LogP contribution >= 0.6 is 24.6 Å². The van der Waals surface area contributed by atoms with Crippen molar-refractivity contribution in [2.24, 2.45) is 0 Å². The van der Waals surface area contributed by atoms with E-state index in [0.29, 0.717) is 11.7 Å². The van der Waals surface area contributed by atoms with Crippen LogP contribution in [0, 0.1) is 6.92 Å². The predicted octanol–water partition coefficient (Wildman–Crippen LogP) is 1.55. The largest absolute Gasteiger partial charge is 0.361 e. The number of nitrogens with zero attached hydrogens (tertiary/aromatic N) is 1. The first-order chi connectivity index (χ1) is 8.15. The molecule has 2 N–H and O–H groups in total. The van der Waals surface area contributed by atoms with Gasteiger partial charge in [-0.25, -0.2) is 0 Å². The van der Waals surface area contributed by atoms with Gasteiger partial charge < -0.3 is 15.5 Å². The van der Waals surface area contributed by atoms with E-state index in [1.54, 1.807) is 0 Å².